The second-order valence-corrected chi connectivity index (χ2v) is 11.0. The van der Waals surface area contributed by atoms with Gasteiger partial charge >= 0.3 is 6.03 Å². The average molecular weight is 580 g/mol. The summed E-state index contributed by atoms with van der Waals surface area (Å²) in [7, 11) is 2.16. The highest BCUT2D eigenvalue weighted by molar-refractivity contribution is 6.01. The molecule has 4 aromatic rings. The summed E-state index contributed by atoms with van der Waals surface area (Å²) < 4.78 is 44.1. The monoisotopic (exact) mass is 579 g/mol. The van der Waals surface area contributed by atoms with Gasteiger partial charge < -0.3 is 21.3 Å². The Morgan fingerprint density at radius 1 is 0.881 bits per heavy atom. The molecule has 6 rings (SSSR count). The minimum atomic E-state index is -0.948. The normalized spacial score (nSPS) is 20.1. The van der Waals surface area contributed by atoms with Crippen LogP contribution in [0.25, 0.3) is 22.3 Å². The number of aromatic nitrogens is 4. The van der Waals surface area contributed by atoms with E-state index < -0.39 is 23.5 Å². The standard InChI is InChI=1S/C29H32F3N9O/c1-39-10-12-40(13-11-39)19-4-6-20(7-5-19)41-28-25(27(33)34-16-35-28)26(38-41)17-2-8-23(21(31)14-17)36-29(42)37-24-9-3-18(30)15-22(24)32/h2-3,8-9,14-16,19-20H,4-7,10-13H2,1H3,(H2,33,34,35)(H2,36,37,42). The van der Waals surface area contributed by atoms with E-state index in [9.17, 15) is 13.6 Å². The fourth-order valence-electron chi connectivity index (χ4n) is 5.94. The molecule has 2 aromatic heterocycles. The Hall–Kier alpha value is -4.23. The lowest BCUT2D eigenvalue weighted by molar-refractivity contribution is 0.0815. The molecule has 3 heterocycles. The van der Waals surface area contributed by atoms with Gasteiger partial charge in [-0.05, 0) is 57.0 Å². The fraction of sp³-hybridized carbons (Fsp3) is 0.379. The van der Waals surface area contributed by atoms with Crippen molar-refractivity contribution in [1.82, 2.24) is 29.5 Å². The molecule has 1 saturated carbocycles. The first-order chi connectivity index (χ1) is 20.3. The number of carbonyl (C=O) groups is 1. The van der Waals surface area contributed by atoms with E-state index in [4.69, 9.17) is 10.8 Å². The van der Waals surface area contributed by atoms with E-state index in [2.05, 4.69) is 37.4 Å². The van der Waals surface area contributed by atoms with Crippen LogP contribution in [0.5, 0.6) is 0 Å². The van der Waals surface area contributed by atoms with Crippen LogP contribution >= 0.6 is 0 Å². The number of nitrogen functional groups attached to an aromatic ring is 1. The topological polar surface area (TPSA) is 117 Å². The molecular weight excluding hydrogens is 547 g/mol. The number of hydrogen-bond acceptors (Lipinski definition) is 7. The first kappa shape index (κ1) is 27.9. The minimum absolute atomic E-state index is 0.126. The lowest BCUT2D eigenvalue weighted by Gasteiger charge is -2.41. The van der Waals surface area contributed by atoms with Crippen LogP contribution in [-0.2, 0) is 0 Å². The summed E-state index contributed by atoms with van der Waals surface area (Å²) in [5, 5.41) is 10.0. The summed E-state index contributed by atoms with van der Waals surface area (Å²) in [5.41, 5.74) is 7.39. The number of likely N-dealkylation sites (N-methyl/N-ethyl adjacent to an activating group) is 1. The summed E-state index contributed by atoms with van der Waals surface area (Å²) in [5.74, 6) is -2.21. The summed E-state index contributed by atoms with van der Waals surface area (Å²) in [6.07, 6.45) is 5.41. The fourth-order valence-corrected chi connectivity index (χ4v) is 5.94. The van der Waals surface area contributed by atoms with Crippen LogP contribution in [-0.4, -0.2) is 74.8 Å². The van der Waals surface area contributed by atoms with Crippen LogP contribution in [0.4, 0.5) is 35.2 Å². The second kappa shape index (κ2) is 11.6. The van der Waals surface area contributed by atoms with E-state index in [0.29, 0.717) is 34.4 Å². The van der Waals surface area contributed by atoms with E-state index in [-0.39, 0.29) is 23.2 Å². The van der Waals surface area contributed by atoms with Gasteiger partial charge in [0, 0.05) is 43.9 Å². The number of benzene rings is 2. The zero-order chi connectivity index (χ0) is 29.4. The van der Waals surface area contributed by atoms with E-state index in [0.717, 1.165) is 64.0 Å². The number of anilines is 3. The number of piperazine rings is 1. The molecule has 2 aliphatic rings. The maximum atomic E-state index is 15.2. The number of rotatable bonds is 5. The van der Waals surface area contributed by atoms with Gasteiger partial charge in [-0.2, -0.15) is 5.10 Å². The van der Waals surface area contributed by atoms with Crippen LogP contribution < -0.4 is 16.4 Å². The number of hydrogen-bond donors (Lipinski definition) is 3. The Bertz CT molecular complexity index is 1610. The number of carbonyl (C=O) groups excluding carboxylic acids is 1. The van der Waals surface area contributed by atoms with E-state index in [1.54, 1.807) is 6.07 Å². The summed E-state index contributed by atoms with van der Waals surface area (Å²) in [6.45, 7) is 4.36. The van der Waals surface area contributed by atoms with Gasteiger partial charge in [0.05, 0.1) is 22.8 Å². The van der Waals surface area contributed by atoms with Gasteiger partial charge in [0.2, 0.25) is 0 Å². The van der Waals surface area contributed by atoms with Gasteiger partial charge in [-0.3, -0.25) is 4.90 Å². The largest absolute Gasteiger partial charge is 0.383 e. The van der Waals surface area contributed by atoms with Gasteiger partial charge in [0.15, 0.2) is 5.65 Å². The molecule has 1 aliphatic carbocycles. The summed E-state index contributed by atoms with van der Waals surface area (Å²) in [6, 6.07) is 6.77. The van der Waals surface area contributed by atoms with E-state index in [1.807, 2.05) is 4.68 Å². The molecule has 4 N–H and O–H groups in total. The number of halogens is 3. The zero-order valence-corrected chi connectivity index (χ0v) is 23.2. The van der Waals surface area contributed by atoms with Gasteiger partial charge in [-0.15, -0.1) is 0 Å². The Morgan fingerprint density at radius 3 is 2.19 bits per heavy atom. The Morgan fingerprint density at radius 2 is 1.52 bits per heavy atom. The van der Waals surface area contributed by atoms with Gasteiger partial charge in [0.1, 0.15) is 35.3 Å². The molecule has 2 fully saturated rings. The number of urea groups is 1. The number of nitrogens with one attached hydrogen (secondary N) is 2. The van der Waals surface area contributed by atoms with Crippen molar-refractivity contribution in [2.45, 2.75) is 37.8 Å². The minimum Gasteiger partial charge on any atom is -0.383 e. The first-order valence-electron chi connectivity index (χ1n) is 14.0. The predicted octanol–water partition coefficient (Wildman–Crippen LogP) is 4.87. The van der Waals surface area contributed by atoms with Crippen molar-refractivity contribution in [1.29, 1.82) is 0 Å². The van der Waals surface area contributed by atoms with E-state index in [1.165, 1.54) is 18.5 Å². The molecule has 13 heteroatoms. The highest BCUT2D eigenvalue weighted by atomic mass is 19.1. The van der Waals surface area contributed by atoms with Crippen LogP contribution in [0.15, 0.2) is 42.7 Å². The molecule has 42 heavy (non-hydrogen) atoms. The Labute approximate surface area is 240 Å². The van der Waals surface area contributed by atoms with Crippen molar-refractivity contribution < 1.29 is 18.0 Å². The first-order valence-corrected chi connectivity index (χ1v) is 14.0. The third kappa shape index (κ3) is 5.61. The third-order valence-corrected chi connectivity index (χ3v) is 8.25. The molecular formula is C29H32F3N9O. The van der Waals surface area contributed by atoms with Crippen LogP contribution in [0.3, 0.4) is 0 Å². The highest BCUT2D eigenvalue weighted by Gasteiger charge is 2.31. The maximum Gasteiger partial charge on any atom is 0.323 e. The number of nitrogens with two attached hydrogens (primary N) is 1. The molecule has 2 amide bonds. The quantitative estimate of drug-likeness (QED) is 0.309. The molecule has 0 unspecified atom stereocenters. The van der Waals surface area contributed by atoms with Crippen LogP contribution in [0.1, 0.15) is 31.7 Å². The molecule has 2 aromatic carbocycles. The lowest BCUT2D eigenvalue weighted by Crippen LogP contribution is -2.49. The maximum absolute atomic E-state index is 15.2. The predicted molar refractivity (Wildman–Crippen MR) is 154 cm³/mol. The van der Waals surface area contributed by atoms with Gasteiger partial charge in [0.25, 0.3) is 0 Å². The lowest BCUT2D eigenvalue weighted by atomic mass is 9.90. The molecule has 1 saturated heterocycles. The molecule has 220 valence electrons. The molecule has 10 nitrogen and oxygen atoms in total. The van der Waals surface area contributed by atoms with Crippen LogP contribution in [0, 0.1) is 17.5 Å². The average Bonchev–Trinajstić information content (AvgIpc) is 3.37. The van der Waals surface area contributed by atoms with Crippen molar-refractivity contribution in [3.8, 4) is 11.3 Å². The Balaban J connectivity index is 1.21. The smallest absolute Gasteiger partial charge is 0.323 e. The third-order valence-electron chi connectivity index (χ3n) is 8.25. The van der Waals surface area contributed by atoms with Crippen molar-refractivity contribution in [3.63, 3.8) is 0 Å². The highest BCUT2D eigenvalue weighted by Crippen LogP contribution is 2.37. The molecule has 0 bridgehead atoms. The van der Waals surface area contributed by atoms with Crippen molar-refractivity contribution in [3.05, 3.63) is 60.2 Å². The second-order valence-electron chi connectivity index (χ2n) is 11.0. The van der Waals surface area contributed by atoms with Gasteiger partial charge in [-0.1, -0.05) is 6.07 Å². The summed E-state index contributed by atoms with van der Waals surface area (Å²) >= 11 is 0. The number of amides is 2. The van der Waals surface area contributed by atoms with Crippen molar-refractivity contribution >= 4 is 34.3 Å². The van der Waals surface area contributed by atoms with Crippen molar-refractivity contribution in [2.75, 3.05) is 49.6 Å². The molecule has 0 radical (unpaired) electrons. The zero-order valence-electron chi connectivity index (χ0n) is 23.2. The summed E-state index contributed by atoms with van der Waals surface area (Å²) in [4.78, 5) is 26.0. The molecule has 0 atom stereocenters. The van der Waals surface area contributed by atoms with Crippen molar-refractivity contribution in [2.24, 2.45) is 0 Å². The Kier molecular flexibility index (Phi) is 7.69. The number of nitrogens with zero attached hydrogens (tertiary/aromatic N) is 6. The number of fused-ring (bicyclic) bond motifs is 1. The molecule has 0 spiro atoms. The van der Waals surface area contributed by atoms with Crippen LogP contribution in [0.2, 0.25) is 0 Å². The van der Waals surface area contributed by atoms with E-state index >= 15 is 4.39 Å². The SMILES string of the molecule is CN1CCN(C2CCC(n3nc(-c4ccc(NC(=O)Nc5ccc(F)cc5F)c(F)c4)c4c(N)ncnc43)CC2)CC1. The van der Waals surface area contributed by atoms with Gasteiger partial charge in [-0.25, -0.2) is 32.6 Å². The molecule has 1 aliphatic heterocycles.